The third kappa shape index (κ3) is 4.86. The van der Waals surface area contributed by atoms with Gasteiger partial charge in [-0.3, -0.25) is 15.2 Å². The maximum Gasteiger partial charge on any atom is 0.233 e. The van der Waals surface area contributed by atoms with Gasteiger partial charge in [-0.25, -0.2) is 5.84 Å². The van der Waals surface area contributed by atoms with Gasteiger partial charge < -0.3 is 4.90 Å². The predicted octanol–water partition coefficient (Wildman–Crippen LogP) is 0.284. The Hall–Kier alpha value is -1.46. The second kappa shape index (κ2) is 6.92. The Bertz CT molecular complexity index is 315. The Morgan fingerprint density at radius 3 is 3.00 bits per heavy atom. The molecular formula is C11H18N4O. The molecule has 0 saturated heterocycles. The molecule has 0 unspecified atom stereocenters. The molecule has 0 bridgehead atoms. The molecule has 1 heterocycles. The van der Waals surface area contributed by atoms with Gasteiger partial charge in [0.2, 0.25) is 5.91 Å². The van der Waals surface area contributed by atoms with Gasteiger partial charge in [0.1, 0.15) is 0 Å². The van der Waals surface area contributed by atoms with E-state index in [4.69, 9.17) is 5.84 Å². The molecular weight excluding hydrogens is 204 g/mol. The summed E-state index contributed by atoms with van der Waals surface area (Å²) in [4.78, 5) is 17.3. The fourth-order valence-corrected chi connectivity index (χ4v) is 1.43. The number of carbonyl (C=O) groups is 1. The zero-order valence-electron chi connectivity index (χ0n) is 9.52. The molecule has 16 heavy (non-hydrogen) atoms. The van der Waals surface area contributed by atoms with Crippen LogP contribution in [0.25, 0.3) is 0 Å². The van der Waals surface area contributed by atoms with Crippen LogP contribution in [0.3, 0.4) is 0 Å². The highest BCUT2D eigenvalue weighted by molar-refractivity contribution is 5.75. The summed E-state index contributed by atoms with van der Waals surface area (Å²) >= 11 is 0. The number of carbonyl (C=O) groups excluding carboxylic acids is 1. The number of amides is 1. The number of nitrogens with one attached hydrogen (secondary N) is 1. The monoisotopic (exact) mass is 222 g/mol. The molecule has 1 aromatic heterocycles. The van der Waals surface area contributed by atoms with E-state index in [2.05, 4.69) is 15.3 Å². The van der Waals surface area contributed by atoms with E-state index in [1.54, 1.807) is 6.20 Å². The Balaban J connectivity index is 2.21. The number of nitrogens with zero attached hydrogens (tertiary/aromatic N) is 2. The average molecular weight is 222 g/mol. The Kier molecular flexibility index (Phi) is 5.45. The lowest BCUT2D eigenvalue weighted by molar-refractivity contribution is -0.121. The second-order valence-electron chi connectivity index (χ2n) is 3.73. The zero-order valence-corrected chi connectivity index (χ0v) is 9.52. The van der Waals surface area contributed by atoms with Crippen molar-refractivity contribution in [1.29, 1.82) is 0 Å². The summed E-state index contributed by atoms with van der Waals surface area (Å²) in [5.41, 5.74) is 3.15. The van der Waals surface area contributed by atoms with Gasteiger partial charge in [0.25, 0.3) is 0 Å². The van der Waals surface area contributed by atoms with Crippen LogP contribution in [0.1, 0.15) is 18.5 Å². The van der Waals surface area contributed by atoms with Gasteiger partial charge in [-0.15, -0.1) is 0 Å². The first-order chi connectivity index (χ1) is 7.72. The van der Waals surface area contributed by atoms with E-state index in [1.807, 2.05) is 25.2 Å². The molecule has 5 heteroatoms. The standard InChI is InChI=1S/C11H18N4O/c1-15(8-4-6-11(16)14-12)9-10-5-2-3-7-13-10/h2-3,5,7H,4,6,8-9,12H2,1H3,(H,14,16). The third-order valence-electron chi connectivity index (χ3n) is 2.26. The first-order valence-corrected chi connectivity index (χ1v) is 5.30. The molecule has 0 spiro atoms. The normalized spacial score (nSPS) is 10.4. The van der Waals surface area contributed by atoms with E-state index in [-0.39, 0.29) is 5.91 Å². The third-order valence-corrected chi connectivity index (χ3v) is 2.26. The van der Waals surface area contributed by atoms with Gasteiger partial charge in [0, 0.05) is 19.2 Å². The topological polar surface area (TPSA) is 71.2 Å². The molecule has 0 saturated carbocycles. The smallest absolute Gasteiger partial charge is 0.233 e. The van der Waals surface area contributed by atoms with Crippen molar-refractivity contribution >= 4 is 5.91 Å². The number of hydrogen-bond acceptors (Lipinski definition) is 4. The number of pyridine rings is 1. The highest BCUT2D eigenvalue weighted by Gasteiger charge is 2.03. The van der Waals surface area contributed by atoms with Crippen LogP contribution in [0, 0.1) is 0 Å². The number of rotatable bonds is 6. The lowest BCUT2D eigenvalue weighted by Crippen LogP contribution is -2.30. The fourth-order valence-electron chi connectivity index (χ4n) is 1.43. The highest BCUT2D eigenvalue weighted by Crippen LogP contribution is 2.00. The summed E-state index contributed by atoms with van der Waals surface area (Å²) in [7, 11) is 2.01. The fraction of sp³-hybridized carbons (Fsp3) is 0.455. The SMILES string of the molecule is CN(CCCC(=O)NN)Cc1ccccn1. The molecule has 0 aliphatic carbocycles. The summed E-state index contributed by atoms with van der Waals surface area (Å²) < 4.78 is 0. The molecule has 3 N–H and O–H groups in total. The van der Waals surface area contributed by atoms with E-state index in [0.717, 1.165) is 25.2 Å². The lowest BCUT2D eigenvalue weighted by atomic mass is 10.2. The van der Waals surface area contributed by atoms with Crippen molar-refractivity contribution in [1.82, 2.24) is 15.3 Å². The first-order valence-electron chi connectivity index (χ1n) is 5.30. The second-order valence-corrected chi connectivity index (χ2v) is 3.73. The van der Waals surface area contributed by atoms with Crippen LogP contribution in [0.15, 0.2) is 24.4 Å². The van der Waals surface area contributed by atoms with Crippen LogP contribution in [-0.2, 0) is 11.3 Å². The summed E-state index contributed by atoms with van der Waals surface area (Å²) in [6.45, 7) is 1.65. The van der Waals surface area contributed by atoms with E-state index >= 15 is 0 Å². The summed E-state index contributed by atoms with van der Waals surface area (Å²) in [5, 5.41) is 0. The van der Waals surface area contributed by atoms with Gasteiger partial charge in [-0.2, -0.15) is 0 Å². The molecule has 0 radical (unpaired) electrons. The van der Waals surface area contributed by atoms with E-state index in [9.17, 15) is 4.79 Å². The number of hydrogen-bond donors (Lipinski definition) is 2. The van der Waals surface area contributed by atoms with E-state index in [0.29, 0.717) is 6.42 Å². The molecule has 0 aliphatic rings. The lowest BCUT2D eigenvalue weighted by Gasteiger charge is -2.15. The molecule has 88 valence electrons. The van der Waals surface area contributed by atoms with Crippen molar-refractivity contribution in [3.05, 3.63) is 30.1 Å². The maximum absolute atomic E-state index is 10.9. The van der Waals surface area contributed by atoms with Crippen molar-refractivity contribution < 1.29 is 4.79 Å². The molecule has 0 aromatic carbocycles. The molecule has 5 nitrogen and oxygen atoms in total. The molecule has 1 aromatic rings. The van der Waals surface area contributed by atoms with Crippen molar-refractivity contribution in [2.45, 2.75) is 19.4 Å². The van der Waals surface area contributed by atoms with Crippen LogP contribution in [0.2, 0.25) is 0 Å². The van der Waals surface area contributed by atoms with E-state index < -0.39 is 0 Å². The van der Waals surface area contributed by atoms with Gasteiger partial charge in [0.05, 0.1) is 5.69 Å². The average Bonchev–Trinajstić information content (AvgIpc) is 2.30. The minimum Gasteiger partial charge on any atom is -0.301 e. The highest BCUT2D eigenvalue weighted by atomic mass is 16.2. The largest absolute Gasteiger partial charge is 0.301 e. The van der Waals surface area contributed by atoms with Gasteiger partial charge in [-0.05, 0) is 32.1 Å². The van der Waals surface area contributed by atoms with Crippen LogP contribution >= 0.6 is 0 Å². The number of aromatic nitrogens is 1. The Labute approximate surface area is 95.6 Å². The van der Waals surface area contributed by atoms with Gasteiger partial charge in [0.15, 0.2) is 0 Å². The summed E-state index contributed by atoms with van der Waals surface area (Å²) in [5.74, 6) is 4.87. The van der Waals surface area contributed by atoms with Crippen LogP contribution < -0.4 is 11.3 Å². The zero-order chi connectivity index (χ0) is 11.8. The van der Waals surface area contributed by atoms with Crippen LogP contribution in [-0.4, -0.2) is 29.4 Å². The quantitative estimate of drug-likeness (QED) is 0.412. The molecule has 0 aliphatic heterocycles. The molecule has 0 fully saturated rings. The van der Waals surface area contributed by atoms with Crippen LogP contribution in [0.5, 0.6) is 0 Å². The maximum atomic E-state index is 10.9. The minimum atomic E-state index is -0.119. The van der Waals surface area contributed by atoms with Crippen molar-refractivity contribution in [3.8, 4) is 0 Å². The van der Waals surface area contributed by atoms with Crippen molar-refractivity contribution in [2.75, 3.05) is 13.6 Å². The van der Waals surface area contributed by atoms with Gasteiger partial charge >= 0.3 is 0 Å². The molecule has 1 rings (SSSR count). The minimum absolute atomic E-state index is 0.119. The number of nitrogens with two attached hydrogens (primary N) is 1. The summed E-state index contributed by atoms with van der Waals surface area (Å²) in [6, 6.07) is 5.86. The molecule has 0 atom stereocenters. The Morgan fingerprint density at radius 2 is 2.38 bits per heavy atom. The first kappa shape index (κ1) is 12.6. The number of hydrazine groups is 1. The van der Waals surface area contributed by atoms with Crippen molar-refractivity contribution in [3.63, 3.8) is 0 Å². The van der Waals surface area contributed by atoms with E-state index in [1.165, 1.54) is 0 Å². The molecule has 1 amide bonds. The van der Waals surface area contributed by atoms with Crippen LogP contribution in [0.4, 0.5) is 0 Å². The summed E-state index contributed by atoms with van der Waals surface area (Å²) in [6.07, 6.45) is 3.04. The Morgan fingerprint density at radius 1 is 1.56 bits per heavy atom. The van der Waals surface area contributed by atoms with Crippen molar-refractivity contribution in [2.24, 2.45) is 5.84 Å². The van der Waals surface area contributed by atoms with Gasteiger partial charge in [-0.1, -0.05) is 6.07 Å². The predicted molar refractivity (Wildman–Crippen MR) is 62.1 cm³/mol.